The molecule has 5 rings (SSSR count). The molecule has 7 nitrogen and oxygen atoms in total. The third kappa shape index (κ3) is 4.61. The van der Waals surface area contributed by atoms with Crippen molar-refractivity contribution < 1.29 is 18.4 Å². The van der Waals surface area contributed by atoms with Gasteiger partial charge in [0, 0.05) is 24.7 Å². The average molecular weight is 451 g/mol. The molecule has 1 saturated carbocycles. The third-order valence-corrected chi connectivity index (χ3v) is 6.68. The first-order valence-electron chi connectivity index (χ1n) is 11.3. The van der Waals surface area contributed by atoms with Crippen LogP contribution in [0.1, 0.15) is 53.3 Å². The van der Waals surface area contributed by atoms with E-state index in [4.69, 9.17) is 9.26 Å². The molecule has 0 bridgehead atoms. The van der Waals surface area contributed by atoms with E-state index in [1.807, 2.05) is 12.1 Å². The number of rotatable bonds is 7. The van der Waals surface area contributed by atoms with Crippen molar-refractivity contribution in [1.29, 1.82) is 0 Å². The molecular formula is C25H27FN4O3. The van der Waals surface area contributed by atoms with Gasteiger partial charge in [-0.3, -0.25) is 9.69 Å². The predicted molar refractivity (Wildman–Crippen MR) is 119 cm³/mol. The maximum absolute atomic E-state index is 13.3. The highest BCUT2D eigenvalue weighted by Crippen LogP contribution is 2.52. The number of benzene rings is 2. The van der Waals surface area contributed by atoms with Gasteiger partial charge in [-0.2, -0.15) is 4.98 Å². The lowest BCUT2D eigenvalue weighted by Crippen LogP contribution is -2.44. The normalized spacial score (nSPS) is 18.1. The second-order valence-electron chi connectivity index (χ2n) is 8.85. The van der Waals surface area contributed by atoms with Gasteiger partial charge in [-0.05, 0) is 67.6 Å². The van der Waals surface area contributed by atoms with Crippen LogP contribution >= 0.6 is 0 Å². The quantitative estimate of drug-likeness (QED) is 0.591. The van der Waals surface area contributed by atoms with Gasteiger partial charge in [-0.25, -0.2) is 4.39 Å². The molecule has 1 aliphatic carbocycles. The average Bonchev–Trinajstić information content (AvgIpc) is 3.52. The fraction of sp³-hybridized carbons (Fsp3) is 0.400. The molecule has 172 valence electrons. The van der Waals surface area contributed by atoms with E-state index in [0.29, 0.717) is 23.8 Å². The number of carbonyl (C=O) groups excluding carboxylic acids is 1. The van der Waals surface area contributed by atoms with Crippen LogP contribution in [0.3, 0.4) is 0 Å². The Balaban J connectivity index is 1.13. The van der Waals surface area contributed by atoms with Crippen LogP contribution in [0.5, 0.6) is 5.75 Å². The van der Waals surface area contributed by atoms with Crippen LogP contribution in [-0.2, 0) is 12.0 Å². The lowest BCUT2D eigenvalue weighted by atomic mass is 9.95. The van der Waals surface area contributed by atoms with Crippen molar-refractivity contribution >= 4 is 5.91 Å². The molecule has 0 radical (unpaired) electrons. The summed E-state index contributed by atoms with van der Waals surface area (Å²) in [6.45, 7) is 2.27. The van der Waals surface area contributed by atoms with E-state index in [0.717, 1.165) is 50.1 Å². The van der Waals surface area contributed by atoms with Gasteiger partial charge in [0.15, 0.2) is 5.82 Å². The van der Waals surface area contributed by atoms with Crippen LogP contribution in [0.15, 0.2) is 53.1 Å². The zero-order chi connectivity index (χ0) is 22.8. The number of piperidine rings is 1. The largest absolute Gasteiger partial charge is 0.497 e. The molecule has 1 aromatic heterocycles. The molecule has 0 spiro atoms. The number of nitrogens with zero attached hydrogens (tertiary/aromatic N) is 3. The molecule has 3 aromatic rings. The Bertz CT molecular complexity index is 1100. The van der Waals surface area contributed by atoms with Crippen LogP contribution in [0.4, 0.5) is 4.39 Å². The Morgan fingerprint density at radius 3 is 2.48 bits per heavy atom. The highest BCUT2D eigenvalue weighted by Gasteiger charge is 2.50. The molecule has 1 amide bonds. The van der Waals surface area contributed by atoms with E-state index in [-0.39, 0.29) is 23.2 Å². The van der Waals surface area contributed by atoms with Gasteiger partial charge >= 0.3 is 0 Å². The topological polar surface area (TPSA) is 80.5 Å². The van der Waals surface area contributed by atoms with Crippen molar-refractivity contribution in [2.24, 2.45) is 0 Å². The molecule has 33 heavy (non-hydrogen) atoms. The Kier molecular flexibility index (Phi) is 5.85. The van der Waals surface area contributed by atoms with Crippen molar-refractivity contribution in [3.05, 3.63) is 77.2 Å². The standard InChI is InChI=1S/C25H27FN4O3/c1-32-21-8-2-17(3-9-21)23(31)27-20-10-14-30(15-11-20)16-22-28-24(29-33-22)25(12-13-25)18-4-6-19(26)7-5-18/h2-9,20H,10-16H2,1H3,(H,27,31). The highest BCUT2D eigenvalue weighted by atomic mass is 19.1. The fourth-order valence-electron chi connectivity index (χ4n) is 4.49. The monoisotopic (exact) mass is 450 g/mol. The molecule has 8 heteroatoms. The van der Waals surface area contributed by atoms with Gasteiger partial charge in [-0.15, -0.1) is 0 Å². The minimum atomic E-state index is -0.244. The van der Waals surface area contributed by atoms with E-state index >= 15 is 0 Å². The summed E-state index contributed by atoms with van der Waals surface area (Å²) in [5.74, 6) is 1.71. The Morgan fingerprint density at radius 2 is 1.85 bits per heavy atom. The number of halogens is 1. The van der Waals surface area contributed by atoms with Gasteiger partial charge in [0.25, 0.3) is 5.91 Å². The molecule has 0 unspecified atom stereocenters. The Labute approximate surface area is 191 Å². The summed E-state index contributed by atoms with van der Waals surface area (Å²) < 4.78 is 24.0. The molecule has 1 aliphatic heterocycles. The number of methoxy groups -OCH3 is 1. The summed E-state index contributed by atoms with van der Waals surface area (Å²) in [5, 5.41) is 7.37. The number of likely N-dealkylation sites (tertiary alicyclic amines) is 1. The van der Waals surface area contributed by atoms with Gasteiger partial charge in [0.2, 0.25) is 5.89 Å². The fourth-order valence-corrected chi connectivity index (χ4v) is 4.49. The first-order chi connectivity index (χ1) is 16.1. The van der Waals surface area contributed by atoms with Gasteiger partial charge in [-0.1, -0.05) is 17.3 Å². The van der Waals surface area contributed by atoms with E-state index in [9.17, 15) is 9.18 Å². The molecule has 1 saturated heterocycles. The van der Waals surface area contributed by atoms with Crippen molar-refractivity contribution in [2.75, 3.05) is 20.2 Å². The maximum Gasteiger partial charge on any atom is 0.251 e. The van der Waals surface area contributed by atoms with Gasteiger partial charge in [0.05, 0.1) is 19.1 Å². The van der Waals surface area contributed by atoms with Crippen molar-refractivity contribution in [1.82, 2.24) is 20.4 Å². The lowest BCUT2D eigenvalue weighted by Gasteiger charge is -2.31. The Morgan fingerprint density at radius 1 is 1.15 bits per heavy atom. The van der Waals surface area contributed by atoms with Crippen LogP contribution < -0.4 is 10.1 Å². The van der Waals surface area contributed by atoms with Gasteiger partial charge in [0.1, 0.15) is 11.6 Å². The van der Waals surface area contributed by atoms with Crippen molar-refractivity contribution in [2.45, 2.75) is 43.7 Å². The first kappa shape index (κ1) is 21.6. The molecule has 1 N–H and O–H groups in total. The van der Waals surface area contributed by atoms with Crippen LogP contribution in [0.25, 0.3) is 0 Å². The molecular weight excluding hydrogens is 423 g/mol. The third-order valence-electron chi connectivity index (χ3n) is 6.68. The summed E-state index contributed by atoms with van der Waals surface area (Å²) in [6, 6.07) is 13.8. The second-order valence-corrected chi connectivity index (χ2v) is 8.85. The van der Waals surface area contributed by atoms with Crippen molar-refractivity contribution in [3.63, 3.8) is 0 Å². The van der Waals surface area contributed by atoms with Crippen LogP contribution in [0, 0.1) is 5.82 Å². The molecule has 2 aromatic carbocycles. The maximum atomic E-state index is 13.3. The highest BCUT2D eigenvalue weighted by molar-refractivity contribution is 5.94. The van der Waals surface area contributed by atoms with E-state index in [1.165, 1.54) is 12.1 Å². The summed E-state index contributed by atoms with van der Waals surface area (Å²) in [5.41, 5.74) is 1.42. The molecule has 2 heterocycles. The molecule has 2 aliphatic rings. The number of ether oxygens (including phenoxy) is 1. The summed E-state index contributed by atoms with van der Waals surface area (Å²) >= 11 is 0. The van der Waals surface area contributed by atoms with E-state index in [2.05, 4.69) is 20.4 Å². The van der Waals surface area contributed by atoms with Gasteiger partial charge < -0.3 is 14.6 Å². The summed E-state index contributed by atoms with van der Waals surface area (Å²) in [4.78, 5) is 19.4. The van der Waals surface area contributed by atoms with E-state index < -0.39 is 0 Å². The first-order valence-corrected chi connectivity index (χ1v) is 11.3. The predicted octanol–water partition coefficient (Wildman–Crippen LogP) is 3.69. The number of aromatic nitrogens is 2. The minimum Gasteiger partial charge on any atom is -0.497 e. The molecule has 0 atom stereocenters. The number of hydrogen-bond donors (Lipinski definition) is 1. The number of nitrogens with one attached hydrogen (secondary N) is 1. The van der Waals surface area contributed by atoms with E-state index in [1.54, 1.807) is 31.4 Å². The summed E-state index contributed by atoms with van der Waals surface area (Å²) in [6.07, 6.45) is 3.61. The smallest absolute Gasteiger partial charge is 0.251 e. The summed E-state index contributed by atoms with van der Waals surface area (Å²) in [7, 11) is 1.60. The lowest BCUT2D eigenvalue weighted by molar-refractivity contribution is 0.0904. The zero-order valence-electron chi connectivity index (χ0n) is 18.6. The van der Waals surface area contributed by atoms with Crippen LogP contribution in [0.2, 0.25) is 0 Å². The number of amides is 1. The second kappa shape index (κ2) is 8.94. The number of carbonyl (C=O) groups is 1. The minimum absolute atomic E-state index is 0.0619. The SMILES string of the molecule is COc1ccc(C(=O)NC2CCN(Cc3nc(C4(c5ccc(F)cc5)CC4)no3)CC2)cc1. The Hall–Kier alpha value is -3.26. The van der Waals surface area contributed by atoms with Crippen LogP contribution in [-0.4, -0.2) is 47.2 Å². The molecule has 2 fully saturated rings. The number of hydrogen-bond acceptors (Lipinski definition) is 6. The zero-order valence-corrected chi connectivity index (χ0v) is 18.6. The van der Waals surface area contributed by atoms with Crippen molar-refractivity contribution in [3.8, 4) is 5.75 Å².